The molecule has 2 amide bonds. The Bertz CT molecular complexity index is 1340. The third kappa shape index (κ3) is 7.30. The molecule has 0 fully saturated rings. The van der Waals surface area contributed by atoms with Gasteiger partial charge in [0.15, 0.2) is 0 Å². The van der Waals surface area contributed by atoms with Crippen LogP contribution in [-0.4, -0.2) is 43.8 Å². The van der Waals surface area contributed by atoms with E-state index < -0.39 is 34.3 Å². The molecule has 0 heterocycles. The zero-order valence-electron chi connectivity index (χ0n) is 20.8. The minimum absolute atomic E-state index is 0.0330. The van der Waals surface area contributed by atoms with Gasteiger partial charge in [0.25, 0.3) is 10.0 Å². The lowest BCUT2D eigenvalue weighted by atomic mass is 10.1. The number of amides is 2. The number of benzene rings is 3. The third-order valence-electron chi connectivity index (χ3n) is 5.56. The molecule has 0 saturated carbocycles. The maximum Gasteiger partial charge on any atom is 0.264 e. The molecule has 37 heavy (non-hydrogen) atoms. The monoisotopic (exact) mass is 545 g/mol. The summed E-state index contributed by atoms with van der Waals surface area (Å²) in [6.07, 6.45) is 0. The fourth-order valence-electron chi connectivity index (χ4n) is 3.68. The number of nitrogens with zero attached hydrogens (tertiary/aromatic N) is 2. The molecule has 0 unspecified atom stereocenters. The molecule has 0 aliphatic carbocycles. The normalized spacial score (nSPS) is 12.2. The quantitative estimate of drug-likeness (QED) is 0.403. The summed E-state index contributed by atoms with van der Waals surface area (Å²) in [5, 5.41) is 3.26. The molecule has 0 spiro atoms. The molecule has 0 radical (unpaired) electrons. The first-order chi connectivity index (χ1) is 17.5. The predicted octanol–water partition coefficient (Wildman–Crippen LogP) is 4.62. The maximum absolute atomic E-state index is 13.7. The van der Waals surface area contributed by atoms with Gasteiger partial charge in [-0.3, -0.25) is 13.9 Å². The SMILES string of the molecule is CC(C)NC(=O)[C@@H](C)N(Cc1cccc(Cl)c1)C(=O)CN(c1ccccc1)S(=O)(=O)c1ccc(F)cc1. The van der Waals surface area contributed by atoms with Crippen molar-refractivity contribution in [2.75, 3.05) is 10.8 Å². The molecule has 3 aromatic rings. The van der Waals surface area contributed by atoms with E-state index in [0.29, 0.717) is 10.6 Å². The number of hydrogen-bond acceptors (Lipinski definition) is 4. The van der Waals surface area contributed by atoms with Gasteiger partial charge in [-0.15, -0.1) is 0 Å². The van der Waals surface area contributed by atoms with Crippen LogP contribution < -0.4 is 9.62 Å². The van der Waals surface area contributed by atoms with Gasteiger partial charge in [0.05, 0.1) is 10.6 Å². The first-order valence-electron chi connectivity index (χ1n) is 11.7. The minimum atomic E-state index is -4.25. The highest BCUT2D eigenvalue weighted by Gasteiger charge is 2.32. The average molecular weight is 546 g/mol. The molecule has 196 valence electrons. The zero-order chi connectivity index (χ0) is 27.2. The Hall–Kier alpha value is -3.43. The highest BCUT2D eigenvalue weighted by Crippen LogP contribution is 2.25. The van der Waals surface area contributed by atoms with Crippen molar-refractivity contribution in [1.29, 1.82) is 0 Å². The molecular weight excluding hydrogens is 517 g/mol. The number of sulfonamides is 1. The Morgan fingerprint density at radius 1 is 0.946 bits per heavy atom. The molecule has 3 rings (SSSR count). The largest absolute Gasteiger partial charge is 0.352 e. The summed E-state index contributed by atoms with van der Waals surface area (Å²) in [6, 6.07) is 18.3. The van der Waals surface area contributed by atoms with Gasteiger partial charge in [0.2, 0.25) is 11.8 Å². The summed E-state index contributed by atoms with van der Waals surface area (Å²) in [7, 11) is -4.25. The van der Waals surface area contributed by atoms with Gasteiger partial charge in [-0.2, -0.15) is 0 Å². The minimum Gasteiger partial charge on any atom is -0.352 e. The molecule has 0 saturated heterocycles. The Kier molecular flexibility index (Phi) is 9.29. The zero-order valence-corrected chi connectivity index (χ0v) is 22.3. The molecule has 0 aromatic heterocycles. The number of rotatable bonds is 10. The van der Waals surface area contributed by atoms with Crippen LogP contribution >= 0.6 is 11.6 Å². The summed E-state index contributed by atoms with van der Waals surface area (Å²) in [5.74, 6) is -1.56. The fourth-order valence-corrected chi connectivity index (χ4v) is 5.30. The maximum atomic E-state index is 13.7. The van der Waals surface area contributed by atoms with Crippen molar-refractivity contribution in [2.24, 2.45) is 0 Å². The lowest BCUT2D eigenvalue weighted by Gasteiger charge is -2.32. The van der Waals surface area contributed by atoms with Crippen LogP contribution in [0.15, 0.2) is 83.8 Å². The second-order valence-electron chi connectivity index (χ2n) is 8.79. The fraction of sp³-hybridized carbons (Fsp3) is 0.259. The third-order valence-corrected chi connectivity index (χ3v) is 7.59. The number of carbonyl (C=O) groups excluding carboxylic acids is 2. The molecule has 0 bridgehead atoms. The molecule has 10 heteroatoms. The summed E-state index contributed by atoms with van der Waals surface area (Å²) in [5.41, 5.74) is 0.930. The van der Waals surface area contributed by atoms with E-state index in [1.54, 1.807) is 75.4 Å². The van der Waals surface area contributed by atoms with Gasteiger partial charge < -0.3 is 10.2 Å². The molecule has 3 aromatic carbocycles. The van der Waals surface area contributed by atoms with Crippen LogP contribution in [0.2, 0.25) is 5.02 Å². The van der Waals surface area contributed by atoms with E-state index >= 15 is 0 Å². The first kappa shape index (κ1) is 28.1. The molecule has 0 aliphatic rings. The number of anilines is 1. The number of carbonyl (C=O) groups is 2. The number of nitrogens with one attached hydrogen (secondary N) is 1. The van der Waals surface area contributed by atoms with E-state index in [0.717, 1.165) is 28.6 Å². The Balaban J connectivity index is 2.00. The van der Waals surface area contributed by atoms with Crippen molar-refractivity contribution in [1.82, 2.24) is 10.2 Å². The topological polar surface area (TPSA) is 86.8 Å². The van der Waals surface area contributed by atoms with Crippen LogP contribution in [-0.2, 0) is 26.2 Å². The van der Waals surface area contributed by atoms with Gasteiger partial charge >= 0.3 is 0 Å². The average Bonchev–Trinajstić information content (AvgIpc) is 2.85. The van der Waals surface area contributed by atoms with Gasteiger partial charge in [-0.05, 0) is 74.9 Å². The number of halogens is 2. The van der Waals surface area contributed by atoms with Crippen LogP contribution in [0, 0.1) is 5.82 Å². The molecular formula is C27H29ClFN3O4S. The van der Waals surface area contributed by atoms with Crippen molar-refractivity contribution in [3.8, 4) is 0 Å². The number of para-hydroxylation sites is 1. The molecule has 0 aliphatic heterocycles. The highest BCUT2D eigenvalue weighted by atomic mass is 35.5. The summed E-state index contributed by atoms with van der Waals surface area (Å²) in [6.45, 7) is 4.65. The van der Waals surface area contributed by atoms with E-state index in [9.17, 15) is 22.4 Å². The van der Waals surface area contributed by atoms with E-state index in [2.05, 4.69) is 5.32 Å². The van der Waals surface area contributed by atoms with Crippen LogP contribution in [0.3, 0.4) is 0 Å². The van der Waals surface area contributed by atoms with Crippen LogP contribution in [0.5, 0.6) is 0 Å². The van der Waals surface area contributed by atoms with Crippen molar-refractivity contribution in [2.45, 2.75) is 44.3 Å². The van der Waals surface area contributed by atoms with E-state index in [4.69, 9.17) is 11.6 Å². The standard InChI is InChI=1S/C27H29ClFN3O4S/c1-19(2)30-27(34)20(3)31(17-21-8-7-9-22(28)16-21)26(33)18-32(24-10-5-4-6-11-24)37(35,36)25-14-12-23(29)13-15-25/h4-16,19-20H,17-18H2,1-3H3,(H,30,34)/t20-/m1/s1. The van der Waals surface area contributed by atoms with Crippen molar-refractivity contribution >= 4 is 39.1 Å². The van der Waals surface area contributed by atoms with Crippen LogP contribution in [0.25, 0.3) is 0 Å². The van der Waals surface area contributed by atoms with E-state index in [-0.39, 0.29) is 29.1 Å². The lowest BCUT2D eigenvalue weighted by Crippen LogP contribution is -2.52. The van der Waals surface area contributed by atoms with Gasteiger partial charge in [-0.1, -0.05) is 41.9 Å². The van der Waals surface area contributed by atoms with Crippen LogP contribution in [0.4, 0.5) is 10.1 Å². The molecule has 1 N–H and O–H groups in total. The van der Waals surface area contributed by atoms with Gasteiger partial charge in [0, 0.05) is 17.6 Å². The lowest BCUT2D eigenvalue weighted by molar-refractivity contribution is -0.139. The van der Waals surface area contributed by atoms with Crippen molar-refractivity contribution < 1.29 is 22.4 Å². The predicted molar refractivity (Wildman–Crippen MR) is 142 cm³/mol. The summed E-state index contributed by atoms with van der Waals surface area (Å²) < 4.78 is 41.6. The highest BCUT2D eigenvalue weighted by molar-refractivity contribution is 7.92. The van der Waals surface area contributed by atoms with Crippen molar-refractivity contribution in [3.05, 3.63) is 95.3 Å². The van der Waals surface area contributed by atoms with Crippen LogP contribution in [0.1, 0.15) is 26.3 Å². The molecule has 1 atom stereocenters. The first-order valence-corrected chi connectivity index (χ1v) is 13.5. The van der Waals surface area contributed by atoms with Gasteiger partial charge in [0.1, 0.15) is 18.4 Å². The van der Waals surface area contributed by atoms with E-state index in [1.807, 2.05) is 0 Å². The molecule has 7 nitrogen and oxygen atoms in total. The van der Waals surface area contributed by atoms with Crippen molar-refractivity contribution in [3.63, 3.8) is 0 Å². The second-order valence-corrected chi connectivity index (χ2v) is 11.1. The smallest absolute Gasteiger partial charge is 0.264 e. The Labute approximate surface area is 221 Å². The Morgan fingerprint density at radius 3 is 2.19 bits per heavy atom. The van der Waals surface area contributed by atoms with E-state index in [1.165, 1.54) is 4.90 Å². The number of hydrogen-bond donors (Lipinski definition) is 1. The summed E-state index contributed by atoms with van der Waals surface area (Å²) in [4.78, 5) is 27.7. The van der Waals surface area contributed by atoms with Gasteiger partial charge in [-0.25, -0.2) is 12.8 Å². The second kappa shape index (κ2) is 12.2. The Morgan fingerprint density at radius 2 is 1.59 bits per heavy atom. The summed E-state index contributed by atoms with van der Waals surface area (Å²) >= 11 is 6.13.